The fourth-order valence-electron chi connectivity index (χ4n) is 3.12. The number of nitrogens with zero attached hydrogens (tertiary/aromatic N) is 1. The number of ether oxygens (including phenoxy) is 1. The number of carbonyl (C=O) groups is 2. The minimum atomic E-state index is -2.00. The zero-order valence-corrected chi connectivity index (χ0v) is 17.7. The van der Waals surface area contributed by atoms with Gasteiger partial charge in [0.2, 0.25) is 0 Å². The Morgan fingerprint density at radius 3 is 2.15 bits per heavy atom. The van der Waals surface area contributed by atoms with E-state index in [2.05, 4.69) is 19.6 Å². The van der Waals surface area contributed by atoms with Crippen LogP contribution in [0.15, 0.2) is 42.5 Å². The van der Waals surface area contributed by atoms with Crippen molar-refractivity contribution in [3.05, 3.63) is 48.0 Å². The third-order valence-electron chi connectivity index (χ3n) is 3.96. The molecule has 0 fully saturated rings. The highest BCUT2D eigenvalue weighted by Gasteiger charge is 2.48. The zero-order valence-electron chi connectivity index (χ0n) is 16.7. The molecule has 0 aromatic heterocycles. The van der Waals surface area contributed by atoms with E-state index in [0.29, 0.717) is 0 Å². The molecule has 1 aromatic rings. The van der Waals surface area contributed by atoms with Crippen LogP contribution in [0.25, 0.3) is 0 Å². The van der Waals surface area contributed by atoms with Gasteiger partial charge in [-0.25, -0.2) is 9.69 Å². The van der Waals surface area contributed by atoms with E-state index in [0.717, 1.165) is 5.56 Å². The molecule has 0 radical (unpaired) electrons. The van der Waals surface area contributed by atoms with E-state index < -0.39 is 31.7 Å². The standard InChI is InChI=1S/C20H29NO4Si/c1-19(2,3)24-18(23)21-16(13-14-17(21)22)20(4,25-26(5,6)7)15-11-9-8-10-12-15/h8-14,16H,1-7H3/t16-,20-/m1/s1. The van der Waals surface area contributed by atoms with Crippen molar-refractivity contribution in [1.29, 1.82) is 0 Å². The van der Waals surface area contributed by atoms with Crippen molar-refractivity contribution in [3.8, 4) is 0 Å². The summed E-state index contributed by atoms with van der Waals surface area (Å²) in [7, 11) is -2.00. The van der Waals surface area contributed by atoms with E-state index in [1.807, 2.05) is 37.3 Å². The minimum absolute atomic E-state index is 0.384. The highest BCUT2D eigenvalue weighted by atomic mass is 28.4. The van der Waals surface area contributed by atoms with Crippen molar-refractivity contribution >= 4 is 20.3 Å². The first-order chi connectivity index (χ1) is 11.8. The Labute approximate surface area is 157 Å². The Morgan fingerprint density at radius 2 is 1.65 bits per heavy atom. The Balaban J connectivity index is 2.47. The summed E-state index contributed by atoms with van der Waals surface area (Å²) in [6.45, 7) is 13.5. The summed E-state index contributed by atoms with van der Waals surface area (Å²) < 4.78 is 12.0. The number of carbonyl (C=O) groups excluding carboxylic acids is 2. The topological polar surface area (TPSA) is 55.8 Å². The quantitative estimate of drug-likeness (QED) is 0.729. The average Bonchev–Trinajstić information content (AvgIpc) is 2.87. The second-order valence-electron chi connectivity index (χ2n) is 8.68. The van der Waals surface area contributed by atoms with Crippen LogP contribution >= 0.6 is 0 Å². The maximum Gasteiger partial charge on any atom is 0.417 e. The summed E-state index contributed by atoms with van der Waals surface area (Å²) in [6.07, 6.45) is 2.50. The molecule has 1 aromatic carbocycles. The van der Waals surface area contributed by atoms with E-state index >= 15 is 0 Å². The highest BCUT2D eigenvalue weighted by molar-refractivity contribution is 6.69. The van der Waals surface area contributed by atoms with Crippen molar-refractivity contribution in [2.24, 2.45) is 0 Å². The van der Waals surface area contributed by atoms with Crippen molar-refractivity contribution < 1.29 is 18.8 Å². The lowest BCUT2D eigenvalue weighted by molar-refractivity contribution is -0.129. The molecule has 0 unspecified atom stereocenters. The molecule has 1 aliphatic heterocycles. The lowest BCUT2D eigenvalue weighted by atomic mass is 9.88. The normalized spacial score (nSPS) is 20.2. The monoisotopic (exact) mass is 375 g/mol. The molecule has 0 spiro atoms. The molecule has 1 aliphatic rings. The number of hydrogen-bond acceptors (Lipinski definition) is 4. The molecule has 0 aliphatic carbocycles. The molecule has 1 heterocycles. The number of hydrogen-bond donors (Lipinski definition) is 0. The van der Waals surface area contributed by atoms with Crippen molar-refractivity contribution in [3.63, 3.8) is 0 Å². The molecule has 0 bridgehead atoms. The number of amides is 2. The highest BCUT2D eigenvalue weighted by Crippen LogP contribution is 2.38. The maximum absolute atomic E-state index is 12.7. The van der Waals surface area contributed by atoms with Crippen LogP contribution in [-0.4, -0.2) is 36.9 Å². The van der Waals surface area contributed by atoms with Gasteiger partial charge in [0.15, 0.2) is 8.32 Å². The lowest BCUT2D eigenvalue weighted by Gasteiger charge is -2.43. The zero-order chi connectivity index (χ0) is 19.8. The van der Waals surface area contributed by atoms with Gasteiger partial charge in [-0.2, -0.15) is 0 Å². The third kappa shape index (κ3) is 4.62. The predicted octanol–water partition coefficient (Wildman–Crippen LogP) is 4.46. The second-order valence-corrected chi connectivity index (χ2v) is 13.1. The molecule has 5 nitrogen and oxygen atoms in total. The molecule has 2 amide bonds. The fraction of sp³-hybridized carbons (Fsp3) is 0.500. The van der Waals surface area contributed by atoms with E-state index in [4.69, 9.17) is 9.16 Å². The van der Waals surface area contributed by atoms with E-state index in [-0.39, 0.29) is 5.91 Å². The first-order valence-corrected chi connectivity index (χ1v) is 12.2. The van der Waals surface area contributed by atoms with E-state index in [1.54, 1.807) is 26.8 Å². The number of benzene rings is 1. The van der Waals surface area contributed by atoms with Gasteiger partial charge in [0, 0.05) is 6.08 Å². The van der Waals surface area contributed by atoms with Crippen LogP contribution in [0.5, 0.6) is 0 Å². The largest absolute Gasteiger partial charge is 0.443 e. The van der Waals surface area contributed by atoms with Crippen molar-refractivity contribution in [2.45, 2.75) is 64.6 Å². The van der Waals surface area contributed by atoms with Crippen molar-refractivity contribution in [2.75, 3.05) is 0 Å². The summed E-state index contributed by atoms with van der Waals surface area (Å²) >= 11 is 0. The first kappa shape index (κ1) is 20.4. The van der Waals surface area contributed by atoms with E-state index in [1.165, 1.54) is 11.0 Å². The van der Waals surface area contributed by atoms with Crippen LogP contribution in [0, 0.1) is 0 Å². The van der Waals surface area contributed by atoms with Gasteiger partial charge in [0.05, 0.1) is 6.04 Å². The van der Waals surface area contributed by atoms with Crippen LogP contribution in [0.4, 0.5) is 4.79 Å². The van der Waals surface area contributed by atoms with Gasteiger partial charge in [0.1, 0.15) is 11.2 Å². The van der Waals surface area contributed by atoms with Gasteiger partial charge in [0.25, 0.3) is 5.91 Å². The summed E-state index contributed by atoms with van der Waals surface area (Å²) in [6, 6.07) is 9.14. The molecule has 2 atom stereocenters. The van der Waals surface area contributed by atoms with Crippen LogP contribution in [0.1, 0.15) is 33.3 Å². The molecule has 6 heteroatoms. The predicted molar refractivity (Wildman–Crippen MR) is 104 cm³/mol. The van der Waals surface area contributed by atoms with E-state index in [9.17, 15) is 9.59 Å². The summed E-state index contributed by atoms with van der Waals surface area (Å²) in [5.41, 5.74) is -0.626. The Morgan fingerprint density at radius 1 is 1.08 bits per heavy atom. The van der Waals surface area contributed by atoms with Crippen molar-refractivity contribution in [1.82, 2.24) is 4.90 Å². The van der Waals surface area contributed by atoms with Gasteiger partial charge in [-0.3, -0.25) is 4.79 Å². The Bertz CT molecular complexity index is 703. The lowest BCUT2D eigenvalue weighted by Crippen LogP contribution is -2.55. The number of rotatable bonds is 4. The molecule has 2 rings (SSSR count). The summed E-state index contributed by atoms with van der Waals surface area (Å²) in [4.78, 5) is 26.3. The summed E-state index contributed by atoms with van der Waals surface area (Å²) in [5.74, 6) is -0.384. The minimum Gasteiger partial charge on any atom is -0.443 e. The van der Waals surface area contributed by atoms with Crippen LogP contribution in [-0.2, 0) is 19.6 Å². The molecule has 0 saturated carbocycles. The fourth-order valence-corrected chi connectivity index (χ4v) is 4.63. The molecular formula is C20H29NO4Si. The van der Waals surface area contributed by atoms with Gasteiger partial charge in [-0.15, -0.1) is 0 Å². The maximum atomic E-state index is 12.7. The van der Waals surface area contributed by atoms with Gasteiger partial charge < -0.3 is 9.16 Å². The smallest absolute Gasteiger partial charge is 0.417 e. The Hall–Kier alpha value is -1.92. The van der Waals surface area contributed by atoms with Crippen LogP contribution in [0.2, 0.25) is 19.6 Å². The average molecular weight is 376 g/mol. The van der Waals surface area contributed by atoms with Gasteiger partial charge >= 0.3 is 6.09 Å². The molecule has 26 heavy (non-hydrogen) atoms. The summed E-state index contributed by atoms with van der Waals surface area (Å²) in [5, 5.41) is 0. The molecule has 142 valence electrons. The molecule has 0 saturated heterocycles. The second kappa shape index (κ2) is 7.00. The van der Waals surface area contributed by atoms with Gasteiger partial charge in [-0.1, -0.05) is 36.4 Å². The van der Waals surface area contributed by atoms with Gasteiger partial charge in [-0.05, 0) is 52.9 Å². The number of imide groups is 1. The SMILES string of the molecule is CC(C)(C)OC(=O)N1C(=O)C=C[C@@H]1[C@](C)(O[Si](C)(C)C)c1ccccc1. The molecule has 0 N–H and O–H groups in total. The van der Waals surface area contributed by atoms with Crippen LogP contribution in [0.3, 0.4) is 0 Å². The van der Waals surface area contributed by atoms with Crippen LogP contribution < -0.4 is 0 Å². The third-order valence-corrected chi connectivity index (χ3v) is 4.99. The Kier molecular flexibility index (Phi) is 5.49. The first-order valence-electron chi connectivity index (χ1n) is 8.83. The molecular weight excluding hydrogens is 346 g/mol.